The van der Waals surface area contributed by atoms with Crippen molar-refractivity contribution in [2.75, 3.05) is 19.6 Å². The highest BCUT2D eigenvalue weighted by molar-refractivity contribution is 5.74. The summed E-state index contributed by atoms with van der Waals surface area (Å²) in [7, 11) is 0. The number of hydrogen-bond acceptors (Lipinski definition) is 3. The van der Waals surface area contributed by atoms with E-state index in [-0.39, 0.29) is 19.0 Å². The molecule has 0 saturated carbocycles. The maximum absolute atomic E-state index is 11.2. The van der Waals surface area contributed by atoms with Gasteiger partial charge in [-0.1, -0.05) is 12.8 Å². The third-order valence-electron chi connectivity index (χ3n) is 2.31. The first-order chi connectivity index (χ1) is 9.02. The molecule has 0 unspecified atom stereocenters. The Bertz CT molecular complexity index is 296. The lowest BCUT2D eigenvalue weighted by molar-refractivity contribution is -0.137. The largest absolute Gasteiger partial charge is 0.481 e. The van der Waals surface area contributed by atoms with Gasteiger partial charge in [-0.3, -0.25) is 4.79 Å². The topological polar surface area (TPSA) is 134 Å². The molecule has 6 N–H and O–H groups in total. The van der Waals surface area contributed by atoms with Gasteiger partial charge in [0.15, 0.2) is 0 Å². The first kappa shape index (κ1) is 17.0. The van der Waals surface area contributed by atoms with Crippen LogP contribution in [0.2, 0.25) is 0 Å². The van der Waals surface area contributed by atoms with Crippen LogP contribution >= 0.6 is 0 Å². The van der Waals surface area contributed by atoms with Crippen molar-refractivity contribution in [2.45, 2.75) is 32.1 Å². The molecule has 19 heavy (non-hydrogen) atoms. The number of aliphatic carboxylic acids is 1. The van der Waals surface area contributed by atoms with Crippen LogP contribution in [0.1, 0.15) is 32.1 Å². The second kappa shape index (κ2) is 11.1. The van der Waals surface area contributed by atoms with E-state index in [2.05, 4.69) is 16.0 Å². The summed E-state index contributed by atoms with van der Waals surface area (Å²) in [5.41, 5.74) is 4.85. The zero-order valence-electron chi connectivity index (χ0n) is 10.9. The molecule has 0 aromatic rings. The molecular formula is C11H22N4O4. The van der Waals surface area contributed by atoms with Crippen molar-refractivity contribution in [2.24, 2.45) is 5.73 Å². The van der Waals surface area contributed by atoms with Crippen molar-refractivity contribution in [3.05, 3.63) is 0 Å². The number of nitrogens with two attached hydrogens (primary N) is 1. The van der Waals surface area contributed by atoms with E-state index in [4.69, 9.17) is 10.8 Å². The Morgan fingerprint density at radius 1 is 0.842 bits per heavy atom. The Hall–Kier alpha value is -1.99. The van der Waals surface area contributed by atoms with Crippen LogP contribution in [0.5, 0.6) is 0 Å². The molecule has 4 amide bonds. The number of amides is 4. The Morgan fingerprint density at radius 2 is 1.42 bits per heavy atom. The van der Waals surface area contributed by atoms with Crippen molar-refractivity contribution >= 4 is 18.0 Å². The van der Waals surface area contributed by atoms with Gasteiger partial charge in [0.05, 0.1) is 0 Å². The van der Waals surface area contributed by atoms with Gasteiger partial charge in [0.2, 0.25) is 0 Å². The minimum atomic E-state index is -0.776. The van der Waals surface area contributed by atoms with Gasteiger partial charge in [0.25, 0.3) is 0 Å². The van der Waals surface area contributed by atoms with Crippen LogP contribution in [0.15, 0.2) is 0 Å². The van der Waals surface area contributed by atoms with Gasteiger partial charge in [-0.25, -0.2) is 9.59 Å². The molecule has 0 aliphatic heterocycles. The number of carboxylic acids is 1. The number of carbonyl (C=O) groups is 3. The molecule has 0 radical (unpaired) electrons. The molecule has 0 spiro atoms. The van der Waals surface area contributed by atoms with Crippen LogP contribution in [-0.4, -0.2) is 42.8 Å². The smallest absolute Gasteiger partial charge is 0.314 e. The first-order valence-corrected chi connectivity index (χ1v) is 6.29. The fourth-order valence-corrected chi connectivity index (χ4v) is 1.38. The fraction of sp³-hybridized carbons (Fsp3) is 0.727. The highest BCUT2D eigenvalue weighted by Gasteiger charge is 1.99. The van der Waals surface area contributed by atoms with Gasteiger partial charge < -0.3 is 26.8 Å². The molecule has 0 aromatic carbocycles. The Balaban J connectivity index is 3.24. The van der Waals surface area contributed by atoms with Crippen molar-refractivity contribution in [3.8, 4) is 0 Å². The zero-order chi connectivity index (χ0) is 14.5. The SMILES string of the molecule is NC(=O)NCCNC(=O)NCCCCCCC(=O)O. The summed E-state index contributed by atoms with van der Waals surface area (Å²) in [6.07, 6.45) is 3.41. The van der Waals surface area contributed by atoms with Crippen LogP contribution < -0.4 is 21.7 Å². The van der Waals surface area contributed by atoms with Crippen LogP contribution in [0.3, 0.4) is 0 Å². The minimum absolute atomic E-state index is 0.195. The third-order valence-corrected chi connectivity index (χ3v) is 2.31. The average molecular weight is 274 g/mol. The molecular weight excluding hydrogens is 252 g/mol. The number of urea groups is 2. The molecule has 8 heteroatoms. The first-order valence-electron chi connectivity index (χ1n) is 6.29. The Morgan fingerprint density at radius 3 is 2.05 bits per heavy atom. The quantitative estimate of drug-likeness (QED) is 0.358. The van der Waals surface area contributed by atoms with E-state index in [1.54, 1.807) is 0 Å². The van der Waals surface area contributed by atoms with Gasteiger partial charge in [0, 0.05) is 26.1 Å². The fourth-order valence-electron chi connectivity index (χ4n) is 1.38. The summed E-state index contributed by atoms with van der Waals surface area (Å²) < 4.78 is 0. The van der Waals surface area contributed by atoms with Gasteiger partial charge in [-0.2, -0.15) is 0 Å². The van der Waals surface area contributed by atoms with Crippen molar-refractivity contribution in [1.82, 2.24) is 16.0 Å². The summed E-state index contributed by atoms with van der Waals surface area (Å²) >= 11 is 0. The standard InChI is InChI=1S/C11H22N4O4/c12-10(18)13-7-8-15-11(19)14-6-4-2-1-3-5-9(16)17/h1-8H2,(H,16,17)(H3,12,13,18)(H2,14,15,19). The average Bonchev–Trinajstić information content (AvgIpc) is 2.33. The van der Waals surface area contributed by atoms with Gasteiger partial charge in [-0.15, -0.1) is 0 Å². The monoisotopic (exact) mass is 274 g/mol. The summed E-state index contributed by atoms with van der Waals surface area (Å²) in [5.74, 6) is -0.776. The molecule has 0 atom stereocenters. The molecule has 0 saturated heterocycles. The van der Waals surface area contributed by atoms with Crippen LogP contribution in [-0.2, 0) is 4.79 Å². The number of hydrogen-bond donors (Lipinski definition) is 5. The summed E-state index contributed by atoms with van der Waals surface area (Å²) in [5, 5.41) is 16.0. The second-order valence-electron chi connectivity index (χ2n) is 4.03. The Labute approximate surface area is 112 Å². The highest BCUT2D eigenvalue weighted by Crippen LogP contribution is 2.01. The lowest BCUT2D eigenvalue weighted by atomic mass is 10.1. The van der Waals surface area contributed by atoms with E-state index in [9.17, 15) is 14.4 Å². The van der Waals surface area contributed by atoms with Crippen molar-refractivity contribution < 1.29 is 19.5 Å². The predicted octanol–water partition coefficient (Wildman–Crippen LogP) is -0.0110. The number of primary amides is 1. The van der Waals surface area contributed by atoms with Gasteiger partial charge in [0.1, 0.15) is 0 Å². The minimum Gasteiger partial charge on any atom is -0.481 e. The van der Waals surface area contributed by atoms with Crippen LogP contribution in [0, 0.1) is 0 Å². The number of carboxylic acid groups (broad SMARTS) is 1. The normalized spacial score (nSPS) is 9.68. The molecule has 8 nitrogen and oxygen atoms in total. The van der Waals surface area contributed by atoms with Crippen molar-refractivity contribution in [1.29, 1.82) is 0 Å². The van der Waals surface area contributed by atoms with E-state index in [0.717, 1.165) is 19.3 Å². The lowest BCUT2D eigenvalue weighted by Gasteiger charge is -2.07. The number of rotatable bonds is 10. The highest BCUT2D eigenvalue weighted by atomic mass is 16.4. The van der Waals surface area contributed by atoms with Crippen LogP contribution in [0.25, 0.3) is 0 Å². The predicted molar refractivity (Wildman–Crippen MR) is 69.7 cm³/mol. The molecule has 0 rings (SSSR count). The van der Waals surface area contributed by atoms with E-state index < -0.39 is 12.0 Å². The van der Waals surface area contributed by atoms with E-state index in [1.807, 2.05) is 0 Å². The van der Waals surface area contributed by atoms with Crippen molar-refractivity contribution in [3.63, 3.8) is 0 Å². The van der Waals surface area contributed by atoms with E-state index in [1.165, 1.54) is 0 Å². The summed E-state index contributed by atoms with van der Waals surface area (Å²) in [6, 6.07) is -0.916. The molecule has 0 fully saturated rings. The molecule has 0 aromatic heterocycles. The molecule has 0 aliphatic rings. The van der Waals surface area contributed by atoms with Gasteiger partial charge >= 0.3 is 18.0 Å². The zero-order valence-corrected chi connectivity index (χ0v) is 10.9. The maximum Gasteiger partial charge on any atom is 0.314 e. The maximum atomic E-state index is 11.2. The summed E-state index contributed by atoms with van der Waals surface area (Å²) in [6.45, 7) is 1.15. The third kappa shape index (κ3) is 13.9. The number of nitrogens with one attached hydrogen (secondary N) is 3. The molecule has 110 valence electrons. The molecule has 0 aliphatic carbocycles. The number of carbonyl (C=O) groups excluding carboxylic acids is 2. The molecule has 0 heterocycles. The summed E-state index contributed by atoms with van der Waals surface area (Å²) in [4.78, 5) is 31.8. The van der Waals surface area contributed by atoms with Crippen LogP contribution in [0.4, 0.5) is 9.59 Å². The van der Waals surface area contributed by atoms with E-state index >= 15 is 0 Å². The Kier molecular flexibility index (Phi) is 9.96. The molecule has 0 bridgehead atoms. The van der Waals surface area contributed by atoms with Gasteiger partial charge in [-0.05, 0) is 12.8 Å². The number of unbranched alkanes of at least 4 members (excludes halogenated alkanes) is 3. The second-order valence-corrected chi connectivity index (χ2v) is 4.03. The lowest BCUT2D eigenvalue weighted by Crippen LogP contribution is -2.41. The van der Waals surface area contributed by atoms with E-state index in [0.29, 0.717) is 19.5 Å².